The molecule has 0 aromatic rings. The molecular weight excluding hydrogens is 372 g/mol. The summed E-state index contributed by atoms with van der Waals surface area (Å²) in [5, 5.41) is 10.8. The summed E-state index contributed by atoms with van der Waals surface area (Å²) in [6.07, 6.45) is 6.37. The Morgan fingerprint density at radius 1 is 1.25 bits per heavy atom. The third kappa shape index (κ3) is 3.59. The van der Waals surface area contributed by atoms with Crippen LogP contribution in [0.4, 0.5) is 0 Å². The number of hydrogen-bond donors (Lipinski definition) is 1. The van der Waals surface area contributed by atoms with Crippen LogP contribution in [0, 0.1) is 11.3 Å². The molecule has 0 radical (unpaired) electrons. The number of ether oxygens (including phenoxy) is 3. The van der Waals surface area contributed by atoms with Crippen LogP contribution >= 0.6 is 0 Å². The first kappa shape index (κ1) is 21.9. The first-order valence-electron chi connectivity index (χ1n) is 10.1. The summed E-state index contributed by atoms with van der Waals surface area (Å²) in [7, 11) is -2.00. The number of aliphatic hydroxyl groups excluding tert-OH is 1. The van der Waals surface area contributed by atoms with E-state index in [0.717, 1.165) is 5.57 Å². The zero-order chi connectivity index (χ0) is 21.0. The second-order valence-corrected chi connectivity index (χ2v) is 15.4. The summed E-state index contributed by atoms with van der Waals surface area (Å²) in [5.74, 6) is -1.26. The van der Waals surface area contributed by atoms with Crippen LogP contribution in [0.15, 0.2) is 36.5 Å². The molecule has 6 heteroatoms. The molecule has 2 heterocycles. The summed E-state index contributed by atoms with van der Waals surface area (Å²) in [5.41, 5.74) is -0.147. The summed E-state index contributed by atoms with van der Waals surface area (Å²) in [6, 6.07) is 0. The molecule has 5 nitrogen and oxygen atoms in total. The van der Waals surface area contributed by atoms with Gasteiger partial charge in [0.1, 0.15) is 5.60 Å². The minimum absolute atomic E-state index is 0.0532. The largest absolute Gasteiger partial charge is 0.414 e. The monoisotopic (exact) mass is 408 g/mol. The number of fused-ring (bicyclic) bond motifs is 2. The van der Waals surface area contributed by atoms with Crippen LogP contribution in [-0.4, -0.2) is 50.9 Å². The van der Waals surface area contributed by atoms with Crippen molar-refractivity contribution in [3.05, 3.63) is 36.5 Å². The molecule has 3 atom stereocenters. The molecule has 0 amide bonds. The molecule has 2 aliphatic heterocycles. The Bertz CT molecular complexity index is 678. The SMILES string of the molecule is C=C/C=C1/C(O)O[C@@]2(CO[Si](C)(C)C(C)(C)C)C=CC3(OCC(C)(C)CO3)[C@@H]12. The fourth-order valence-corrected chi connectivity index (χ4v) is 4.80. The normalized spacial score (nSPS) is 35.5. The molecule has 1 N–H and O–H groups in total. The van der Waals surface area contributed by atoms with Crippen molar-refractivity contribution in [3.8, 4) is 0 Å². The molecule has 28 heavy (non-hydrogen) atoms. The highest BCUT2D eigenvalue weighted by Crippen LogP contribution is 2.55. The Hall–Kier alpha value is -0.763. The van der Waals surface area contributed by atoms with Crippen LogP contribution in [0.2, 0.25) is 18.1 Å². The molecule has 3 rings (SSSR count). The molecule has 0 aromatic heterocycles. The van der Waals surface area contributed by atoms with E-state index in [1.165, 1.54) is 0 Å². The highest BCUT2D eigenvalue weighted by atomic mass is 28.4. The molecule has 0 bridgehead atoms. The molecule has 1 unspecified atom stereocenters. The van der Waals surface area contributed by atoms with Gasteiger partial charge in [-0.05, 0) is 35.9 Å². The smallest absolute Gasteiger partial charge is 0.197 e. The molecule has 0 saturated carbocycles. The van der Waals surface area contributed by atoms with Crippen molar-refractivity contribution in [2.75, 3.05) is 19.8 Å². The van der Waals surface area contributed by atoms with E-state index in [0.29, 0.717) is 19.8 Å². The summed E-state index contributed by atoms with van der Waals surface area (Å²) in [6.45, 7) is 20.6. The Balaban J connectivity index is 1.93. The van der Waals surface area contributed by atoms with Gasteiger partial charge in [-0.1, -0.05) is 53.3 Å². The Morgan fingerprint density at radius 3 is 2.39 bits per heavy atom. The third-order valence-corrected chi connectivity index (χ3v) is 11.1. The van der Waals surface area contributed by atoms with E-state index in [-0.39, 0.29) is 16.4 Å². The first-order chi connectivity index (χ1) is 12.8. The van der Waals surface area contributed by atoms with Gasteiger partial charge < -0.3 is 23.7 Å². The van der Waals surface area contributed by atoms with E-state index in [4.69, 9.17) is 18.6 Å². The first-order valence-corrected chi connectivity index (χ1v) is 13.0. The minimum Gasteiger partial charge on any atom is -0.414 e. The predicted octanol–water partition coefficient (Wildman–Crippen LogP) is 4.16. The van der Waals surface area contributed by atoms with Crippen molar-refractivity contribution in [3.63, 3.8) is 0 Å². The lowest BCUT2D eigenvalue weighted by molar-refractivity contribution is -0.295. The predicted molar refractivity (Wildman–Crippen MR) is 112 cm³/mol. The van der Waals surface area contributed by atoms with Gasteiger partial charge >= 0.3 is 0 Å². The van der Waals surface area contributed by atoms with Crippen molar-refractivity contribution in [1.29, 1.82) is 0 Å². The van der Waals surface area contributed by atoms with Gasteiger partial charge in [-0.25, -0.2) is 0 Å². The van der Waals surface area contributed by atoms with Crippen LogP contribution in [0.3, 0.4) is 0 Å². The second-order valence-electron chi connectivity index (χ2n) is 10.6. The summed E-state index contributed by atoms with van der Waals surface area (Å²) in [4.78, 5) is 0. The molecular formula is C22H36O5Si. The third-order valence-electron chi connectivity index (χ3n) is 6.59. The maximum atomic E-state index is 10.7. The van der Waals surface area contributed by atoms with Crippen molar-refractivity contribution in [2.24, 2.45) is 11.3 Å². The number of allylic oxidation sites excluding steroid dienone is 2. The Labute approximate surface area is 170 Å². The lowest BCUT2D eigenvalue weighted by Gasteiger charge is -2.46. The Morgan fingerprint density at radius 2 is 1.86 bits per heavy atom. The van der Waals surface area contributed by atoms with Crippen molar-refractivity contribution >= 4 is 8.32 Å². The van der Waals surface area contributed by atoms with Crippen LogP contribution in [0.25, 0.3) is 0 Å². The molecule has 1 aliphatic carbocycles. The van der Waals surface area contributed by atoms with Crippen LogP contribution < -0.4 is 0 Å². The fraction of sp³-hybridized carbons (Fsp3) is 0.727. The number of rotatable bonds is 4. The van der Waals surface area contributed by atoms with E-state index < -0.39 is 26.0 Å². The van der Waals surface area contributed by atoms with Gasteiger partial charge in [0, 0.05) is 5.41 Å². The molecule has 2 fully saturated rings. The van der Waals surface area contributed by atoms with Crippen molar-refractivity contribution < 1.29 is 23.7 Å². The van der Waals surface area contributed by atoms with E-state index in [1.807, 2.05) is 18.2 Å². The fourth-order valence-electron chi connectivity index (χ4n) is 3.78. The van der Waals surface area contributed by atoms with Crippen LogP contribution in [0.5, 0.6) is 0 Å². The molecule has 0 aromatic carbocycles. The van der Waals surface area contributed by atoms with Crippen LogP contribution in [-0.2, 0) is 18.6 Å². The lowest BCUT2D eigenvalue weighted by Crippen LogP contribution is -2.55. The standard InChI is InChI=1S/C22H36O5Si/c1-9-10-16-17-21(27-18(16)23,15-26-28(7,8)19(2,3)4)11-12-22(17)24-13-20(5,6)14-25-22/h9-12,17-18,23H,1,13-15H2,2-8H3/b16-10+/t17-,18?,21+/m0/s1. The average Bonchev–Trinajstić information content (AvgIpc) is 3.02. The van der Waals surface area contributed by atoms with Gasteiger partial charge in [0.25, 0.3) is 0 Å². The highest BCUT2D eigenvalue weighted by molar-refractivity contribution is 6.74. The lowest BCUT2D eigenvalue weighted by atomic mass is 9.82. The molecule has 2 saturated heterocycles. The Kier molecular flexibility index (Phi) is 5.40. The zero-order valence-electron chi connectivity index (χ0n) is 18.4. The quantitative estimate of drug-likeness (QED) is 0.559. The topological polar surface area (TPSA) is 57.2 Å². The van der Waals surface area contributed by atoms with Crippen molar-refractivity contribution in [2.45, 2.75) is 70.4 Å². The average molecular weight is 409 g/mol. The maximum absolute atomic E-state index is 10.7. The summed E-state index contributed by atoms with van der Waals surface area (Å²) < 4.78 is 25.2. The maximum Gasteiger partial charge on any atom is 0.197 e. The van der Waals surface area contributed by atoms with E-state index in [2.05, 4.69) is 54.3 Å². The van der Waals surface area contributed by atoms with Gasteiger partial charge in [0.15, 0.2) is 20.4 Å². The summed E-state index contributed by atoms with van der Waals surface area (Å²) >= 11 is 0. The molecule has 158 valence electrons. The zero-order valence-corrected chi connectivity index (χ0v) is 19.4. The molecule has 3 aliphatic rings. The highest BCUT2D eigenvalue weighted by Gasteiger charge is 2.65. The van der Waals surface area contributed by atoms with E-state index in [1.54, 1.807) is 6.08 Å². The number of aliphatic hydroxyl groups is 1. The van der Waals surface area contributed by atoms with Gasteiger partial charge in [-0.3, -0.25) is 0 Å². The van der Waals surface area contributed by atoms with Gasteiger partial charge in [-0.2, -0.15) is 0 Å². The van der Waals surface area contributed by atoms with Gasteiger partial charge in [-0.15, -0.1) is 0 Å². The van der Waals surface area contributed by atoms with Gasteiger partial charge in [0.2, 0.25) is 0 Å². The second kappa shape index (κ2) is 6.89. The van der Waals surface area contributed by atoms with Crippen molar-refractivity contribution in [1.82, 2.24) is 0 Å². The van der Waals surface area contributed by atoms with E-state index in [9.17, 15) is 5.11 Å². The molecule has 1 spiro atoms. The van der Waals surface area contributed by atoms with Gasteiger partial charge in [0.05, 0.1) is 25.7 Å². The van der Waals surface area contributed by atoms with E-state index >= 15 is 0 Å². The minimum atomic E-state index is -2.00. The number of hydrogen-bond acceptors (Lipinski definition) is 5. The van der Waals surface area contributed by atoms with Crippen LogP contribution in [0.1, 0.15) is 34.6 Å².